The average molecular weight is 363 g/mol. The maximum atomic E-state index is 10.6. The Morgan fingerprint density at radius 3 is 2.56 bits per heavy atom. The Balaban J connectivity index is 2.55. The number of halogens is 2. The average Bonchev–Trinajstić information content (AvgIpc) is 2.65. The molecule has 2 aromatic rings. The summed E-state index contributed by atoms with van der Waals surface area (Å²) < 4.78 is 1.58. The maximum Gasteiger partial charge on any atom is 0.125 e. The summed E-state index contributed by atoms with van der Waals surface area (Å²) in [4.78, 5) is 4.90. The molecule has 2 rings (SSSR count). The summed E-state index contributed by atoms with van der Waals surface area (Å²) in [7, 11) is 0. The molecule has 1 heterocycles. The van der Waals surface area contributed by atoms with Crippen LogP contribution in [0.25, 0.3) is 0 Å². The van der Waals surface area contributed by atoms with Gasteiger partial charge in [0.25, 0.3) is 0 Å². The fourth-order valence-electron chi connectivity index (χ4n) is 1.53. The highest BCUT2D eigenvalue weighted by Crippen LogP contribution is 2.39. The predicted octanol–water partition coefficient (Wildman–Crippen LogP) is 3.92. The van der Waals surface area contributed by atoms with Gasteiger partial charge in [0.1, 0.15) is 10.2 Å². The number of benzene rings is 1. The Morgan fingerprint density at radius 1 is 1.31 bits per heavy atom. The smallest absolute Gasteiger partial charge is 0.125 e. The highest BCUT2D eigenvalue weighted by Gasteiger charge is 2.31. The van der Waals surface area contributed by atoms with E-state index in [9.17, 15) is 5.11 Å². The number of aromatic nitrogens is 1. The van der Waals surface area contributed by atoms with Crippen LogP contribution >= 0.6 is 43.2 Å². The van der Waals surface area contributed by atoms with Crippen molar-refractivity contribution in [1.29, 1.82) is 0 Å². The van der Waals surface area contributed by atoms with Gasteiger partial charge in [-0.1, -0.05) is 34.1 Å². The summed E-state index contributed by atoms with van der Waals surface area (Å²) in [5, 5.41) is 10.6. The minimum atomic E-state index is -1.04. The number of hydrogen-bond donors (Lipinski definition) is 1. The number of aliphatic hydroxyl groups is 1. The minimum absolute atomic E-state index is 0.693. The lowest BCUT2D eigenvalue weighted by Crippen LogP contribution is -2.22. The van der Waals surface area contributed by atoms with Crippen LogP contribution in [0, 0.1) is 0 Å². The van der Waals surface area contributed by atoms with Crippen molar-refractivity contribution in [2.75, 3.05) is 0 Å². The fourth-order valence-corrected chi connectivity index (χ4v) is 3.85. The Kier molecular flexibility index (Phi) is 3.49. The van der Waals surface area contributed by atoms with Gasteiger partial charge in [0.2, 0.25) is 0 Å². The van der Waals surface area contributed by atoms with Gasteiger partial charge in [0, 0.05) is 10.0 Å². The van der Waals surface area contributed by atoms with Crippen molar-refractivity contribution in [2.24, 2.45) is 0 Å². The van der Waals surface area contributed by atoms with Crippen molar-refractivity contribution in [2.45, 2.75) is 12.5 Å². The van der Waals surface area contributed by atoms with E-state index in [1.54, 1.807) is 12.4 Å². The molecule has 0 aliphatic rings. The molecular formula is C11H9Br2NOS. The predicted molar refractivity (Wildman–Crippen MR) is 72.6 cm³/mol. The molecule has 0 spiro atoms. The summed E-state index contributed by atoms with van der Waals surface area (Å²) in [5.74, 6) is 0. The van der Waals surface area contributed by atoms with E-state index >= 15 is 0 Å². The SMILES string of the molecule is CC(O)(c1ccccc1Br)c1scnc1Br. The lowest BCUT2D eigenvalue weighted by Gasteiger charge is -2.23. The molecule has 1 aromatic carbocycles. The molecule has 84 valence electrons. The summed E-state index contributed by atoms with van der Waals surface area (Å²) in [6.45, 7) is 1.77. The molecule has 0 aliphatic heterocycles. The van der Waals surface area contributed by atoms with Crippen LogP contribution in [0.1, 0.15) is 17.4 Å². The minimum Gasteiger partial charge on any atom is -0.380 e. The van der Waals surface area contributed by atoms with Crippen LogP contribution in [0.3, 0.4) is 0 Å². The van der Waals surface area contributed by atoms with Crippen molar-refractivity contribution in [3.8, 4) is 0 Å². The van der Waals surface area contributed by atoms with Crippen molar-refractivity contribution >= 4 is 43.2 Å². The van der Waals surface area contributed by atoms with Crippen LogP contribution in [0.15, 0.2) is 38.9 Å². The van der Waals surface area contributed by atoms with Crippen LogP contribution in [0.5, 0.6) is 0 Å². The van der Waals surface area contributed by atoms with Crippen molar-refractivity contribution < 1.29 is 5.11 Å². The van der Waals surface area contributed by atoms with Crippen molar-refractivity contribution in [1.82, 2.24) is 4.98 Å². The molecule has 0 bridgehead atoms. The van der Waals surface area contributed by atoms with Gasteiger partial charge in [-0.05, 0) is 28.9 Å². The standard InChI is InChI=1S/C11H9Br2NOS/c1-11(15,9-10(13)14-6-16-9)7-4-2-3-5-8(7)12/h2-6,15H,1H3. The van der Waals surface area contributed by atoms with Gasteiger partial charge < -0.3 is 5.11 Å². The zero-order valence-corrected chi connectivity index (χ0v) is 12.4. The van der Waals surface area contributed by atoms with Gasteiger partial charge in [-0.3, -0.25) is 0 Å². The molecule has 0 saturated heterocycles. The molecule has 0 amide bonds. The normalized spacial score (nSPS) is 14.8. The van der Waals surface area contributed by atoms with Gasteiger partial charge in [0.15, 0.2) is 0 Å². The van der Waals surface area contributed by atoms with Crippen LogP contribution in [-0.2, 0) is 5.60 Å². The molecule has 0 fully saturated rings. The topological polar surface area (TPSA) is 33.1 Å². The summed E-state index contributed by atoms with van der Waals surface area (Å²) >= 11 is 8.23. The molecule has 1 atom stereocenters. The third-order valence-corrected chi connectivity index (χ3v) is 4.96. The van der Waals surface area contributed by atoms with E-state index in [1.807, 2.05) is 24.3 Å². The highest BCUT2D eigenvalue weighted by atomic mass is 79.9. The van der Waals surface area contributed by atoms with Gasteiger partial charge in [-0.15, -0.1) is 11.3 Å². The zero-order valence-electron chi connectivity index (χ0n) is 8.45. The number of rotatable bonds is 2. The first-order valence-electron chi connectivity index (χ1n) is 4.60. The van der Waals surface area contributed by atoms with E-state index in [4.69, 9.17) is 0 Å². The van der Waals surface area contributed by atoms with Crippen LogP contribution in [-0.4, -0.2) is 10.1 Å². The number of hydrogen-bond acceptors (Lipinski definition) is 3. The van der Waals surface area contributed by atoms with E-state index in [0.717, 1.165) is 14.9 Å². The summed E-state index contributed by atoms with van der Waals surface area (Å²) in [6.07, 6.45) is 0. The fraction of sp³-hybridized carbons (Fsp3) is 0.182. The molecule has 0 saturated carbocycles. The Morgan fingerprint density at radius 2 is 2.00 bits per heavy atom. The Hall–Kier alpha value is -0.230. The zero-order chi connectivity index (χ0) is 11.8. The van der Waals surface area contributed by atoms with Crippen LogP contribution < -0.4 is 0 Å². The highest BCUT2D eigenvalue weighted by molar-refractivity contribution is 9.10. The second-order valence-electron chi connectivity index (χ2n) is 3.52. The van der Waals surface area contributed by atoms with Crippen LogP contribution in [0.4, 0.5) is 0 Å². The second kappa shape index (κ2) is 4.56. The van der Waals surface area contributed by atoms with E-state index in [2.05, 4.69) is 36.8 Å². The maximum absolute atomic E-state index is 10.6. The van der Waals surface area contributed by atoms with E-state index in [-0.39, 0.29) is 0 Å². The second-order valence-corrected chi connectivity index (χ2v) is 5.98. The first-order chi connectivity index (χ1) is 7.53. The van der Waals surface area contributed by atoms with Crippen LogP contribution in [0.2, 0.25) is 0 Å². The van der Waals surface area contributed by atoms with E-state index in [1.165, 1.54) is 11.3 Å². The lowest BCUT2D eigenvalue weighted by atomic mass is 9.95. The van der Waals surface area contributed by atoms with E-state index in [0.29, 0.717) is 4.60 Å². The molecule has 1 unspecified atom stereocenters. The summed E-state index contributed by atoms with van der Waals surface area (Å²) in [6, 6.07) is 7.64. The van der Waals surface area contributed by atoms with E-state index < -0.39 is 5.60 Å². The lowest BCUT2D eigenvalue weighted by molar-refractivity contribution is 0.104. The first kappa shape index (κ1) is 12.2. The molecular weight excluding hydrogens is 354 g/mol. The third-order valence-electron chi connectivity index (χ3n) is 2.36. The van der Waals surface area contributed by atoms with Gasteiger partial charge in [-0.2, -0.15) is 0 Å². The van der Waals surface area contributed by atoms with Gasteiger partial charge in [-0.25, -0.2) is 4.98 Å². The first-order valence-corrected chi connectivity index (χ1v) is 7.07. The molecule has 2 nitrogen and oxygen atoms in total. The molecule has 1 N–H and O–H groups in total. The van der Waals surface area contributed by atoms with Gasteiger partial charge >= 0.3 is 0 Å². The Bertz CT molecular complexity index is 510. The van der Waals surface area contributed by atoms with Crippen molar-refractivity contribution in [3.05, 3.63) is 49.3 Å². The monoisotopic (exact) mass is 361 g/mol. The number of thiazole rings is 1. The number of nitrogens with zero attached hydrogens (tertiary/aromatic N) is 1. The molecule has 5 heteroatoms. The molecule has 16 heavy (non-hydrogen) atoms. The quantitative estimate of drug-likeness (QED) is 0.878. The third kappa shape index (κ3) is 2.09. The molecule has 1 aromatic heterocycles. The summed E-state index contributed by atoms with van der Waals surface area (Å²) in [5.41, 5.74) is 1.50. The molecule has 0 aliphatic carbocycles. The van der Waals surface area contributed by atoms with Gasteiger partial charge in [0.05, 0.1) is 10.4 Å². The molecule has 0 radical (unpaired) electrons. The Labute approximate surface area is 115 Å². The van der Waals surface area contributed by atoms with Crippen molar-refractivity contribution in [3.63, 3.8) is 0 Å². The largest absolute Gasteiger partial charge is 0.380 e.